The molecule has 1 amide bonds. The van der Waals surface area contributed by atoms with Gasteiger partial charge in [0.25, 0.3) is 0 Å². The number of aromatic nitrogens is 3. The topological polar surface area (TPSA) is 87.7 Å². The third-order valence-corrected chi connectivity index (χ3v) is 6.30. The fourth-order valence-corrected chi connectivity index (χ4v) is 3.81. The van der Waals surface area contributed by atoms with E-state index < -0.39 is 23.2 Å². The Morgan fingerprint density at radius 1 is 1.03 bits per heavy atom. The van der Waals surface area contributed by atoms with Crippen molar-refractivity contribution in [2.24, 2.45) is 5.41 Å². The molecule has 0 spiro atoms. The molecule has 2 aromatic carbocycles. The Morgan fingerprint density at radius 3 is 2.31 bits per heavy atom. The Balaban J connectivity index is 1.96. The van der Waals surface area contributed by atoms with Crippen LogP contribution < -0.4 is 11.0 Å². The minimum atomic E-state index is -4.69. The lowest BCUT2D eigenvalue weighted by atomic mass is 9.83. The van der Waals surface area contributed by atoms with Crippen molar-refractivity contribution in [3.63, 3.8) is 0 Å². The SMILES string of the molecule is Cc1ccc(-c2nc(-c3cc(CNC(=O)C(C)(C)C(F)(F)F)ccc3Cl)[nH]c(=O)n2)cc1C(C)(C)C. The van der Waals surface area contributed by atoms with Crippen LogP contribution in [0.15, 0.2) is 41.2 Å². The maximum atomic E-state index is 13.1. The maximum absolute atomic E-state index is 13.1. The van der Waals surface area contributed by atoms with Gasteiger partial charge in [-0.3, -0.25) is 9.78 Å². The molecule has 0 fully saturated rings. The summed E-state index contributed by atoms with van der Waals surface area (Å²) in [6, 6.07) is 10.4. The number of nitrogens with one attached hydrogen (secondary N) is 2. The fraction of sp³-hybridized carbons (Fsp3) is 0.385. The van der Waals surface area contributed by atoms with Crippen molar-refractivity contribution in [1.82, 2.24) is 20.3 Å². The van der Waals surface area contributed by atoms with Crippen molar-refractivity contribution in [2.75, 3.05) is 0 Å². The van der Waals surface area contributed by atoms with E-state index in [1.54, 1.807) is 12.1 Å². The van der Waals surface area contributed by atoms with Crippen molar-refractivity contribution in [3.8, 4) is 22.8 Å². The number of amides is 1. The molecule has 2 N–H and O–H groups in total. The van der Waals surface area contributed by atoms with Crippen LogP contribution in [-0.4, -0.2) is 27.0 Å². The molecule has 0 aliphatic carbocycles. The highest BCUT2D eigenvalue weighted by molar-refractivity contribution is 6.33. The van der Waals surface area contributed by atoms with E-state index in [-0.39, 0.29) is 28.6 Å². The van der Waals surface area contributed by atoms with E-state index in [2.05, 4.69) is 41.0 Å². The van der Waals surface area contributed by atoms with Gasteiger partial charge in [-0.15, -0.1) is 0 Å². The summed E-state index contributed by atoms with van der Waals surface area (Å²) in [5.41, 5.74) is 0.365. The third-order valence-electron chi connectivity index (χ3n) is 5.97. The van der Waals surface area contributed by atoms with Crippen molar-refractivity contribution in [1.29, 1.82) is 0 Å². The van der Waals surface area contributed by atoms with Crippen molar-refractivity contribution in [2.45, 2.75) is 59.7 Å². The predicted octanol–water partition coefficient (Wildman–Crippen LogP) is 5.96. The average Bonchev–Trinajstić information content (AvgIpc) is 2.76. The number of H-pyrrole nitrogens is 1. The summed E-state index contributed by atoms with van der Waals surface area (Å²) in [7, 11) is 0. The van der Waals surface area contributed by atoms with Crippen LogP contribution in [0.1, 0.15) is 51.3 Å². The zero-order valence-electron chi connectivity index (χ0n) is 20.9. The molecule has 0 radical (unpaired) electrons. The molecule has 0 aliphatic heterocycles. The highest BCUT2D eigenvalue weighted by atomic mass is 35.5. The number of aromatic amines is 1. The molecule has 6 nitrogen and oxygen atoms in total. The second-order valence-electron chi connectivity index (χ2n) is 10.2. The summed E-state index contributed by atoms with van der Waals surface area (Å²) in [5, 5.41) is 2.58. The molecule has 10 heteroatoms. The van der Waals surface area contributed by atoms with Gasteiger partial charge in [0.2, 0.25) is 5.91 Å². The number of alkyl halides is 3. The van der Waals surface area contributed by atoms with Crippen LogP contribution in [0.4, 0.5) is 13.2 Å². The number of rotatable bonds is 5. The highest BCUT2D eigenvalue weighted by Gasteiger charge is 2.52. The molecule has 1 heterocycles. The summed E-state index contributed by atoms with van der Waals surface area (Å²) < 4.78 is 39.4. The van der Waals surface area contributed by atoms with Crippen molar-refractivity contribution < 1.29 is 18.0 Å². The van der Waals surface area contributed by atoms with Gasteiger partial charge in [-0.25, -0.2) is 9.78 Å². The molecule has 0 aliphatic rings. The van der Waals surface area contributed by atoms with E-state index in [9.17, 15) is 22.8 Å². The summed E-state index contributed by atoms with van der Waals surface area (Å²) in [6.45, 7) is 9.74. The van der Waals surface area contributed by atoms with E-state index in [1.807, 2.05) is 25.1 Å². The first kappa shape index (κ1) is 27.4. The minimum Gasteiger partial charge on any atom is -0.351 e. The monoisotopic (exact) mass is 520 g/mol. The number of carbonyl (C=O) groups excluding carboxylic acids is 1. The maximum Gasteiger partial charge on any atom is 0.402 e. The smallest absolute Gasteiger partial charge is 0.351 e. The zero-order chi connectivity index (χ0) is 27.1. The number of hydrogen-bond donors (Lipinski definition) is 2. The zero-order valence-corrected chi connectivity index (χ0v) is 21.6. The van der Waals surface area contributed by atoms with Crippen LogP contribution >= 0.6 is 11.6 Å². The number of nitrogens with zero attached hydrogens (tertiary/aromatic N) is 2. The van der Waals surface area contributed by atoms with Crippen LogP contribution in [0, 0.1) is 12.3 Å². The molecule has 192 valence electrons. The average molecular weight is 521 g/mol. The standard InChI is InChI=1S/C26H28ClF3N4O2/c1-14-7-9-16(12-18(14)24(2,3)4)20-32-21(34-23(36)33-20)17-11-15(8-10-19(17)27)13-31-22(35)25(5,6)26(28,29)30/h7-12H,13H2,1-6H3,(H,31,35)(H,32,33,34,36). The summed E-state index contributed by atoms with van der Waals surface area (Å²) in [5.74, 6) is -0.795. The minimum absolute atomic E-state index is 0.132. The first-order chi connectivity index (χ1) is 16.5. The molecular formula is C26H28ClF3N4O2. The molecule has 0 saturated heterocycles. The fourth-order valence-electron chi connectivity index (χ4n) is 3.61. The van der Waals surface area contributed by atoms with Crippen LogP contribution in [0.3, 0.4) is 0 Å². The lowest BCUT2D eigenvalue weighted by molar-refractivity contribution is -0.211. The molecule has 0 saturated carbocycles. The van der Waals surface area contributed by atoms with Gasteiger partial charge >= 0.3 is 11.9 Å². The highest BCUT2D eigenvalue weighted by Crippen LogP contribution is 2.37. The molecule has 0 unspecified atom stereocenters. The van der Waals surface area contributed by atoms with Crippen LogP contribution in [0.25, 0.3) is 22.8 Å². The Kier molecular flexibility index (Phi) is 7.37. The van der Waals surface area contributed by atoms with Gasteiger partial charge in [0.1, 0.15) is 11.2 Å². The van der Waals surface area contributed by atoms with Crippen LogP contribution in [0.5, 0.6) is 0 Å². The molecule has 36 heavy (non-hydrogen) atoms. The van der Waals surface area contributed by atoms with E-state index in [0.717, 1.165) is 25.0 Å². The Morgan fingerprint density at radius 2 is 1.69 bits per heavy atom. The quantitative estimate of drug-likeness (QED) is 0.434. The Labute approximate surface area is 212 Å². The Bertz CT molecular complexity index is 1360. The number of hydrogen-bond acceptors (Lipinski definition) is 4. The Hall–Kier alpha value is -3.20. The molecule has 3 aromatic rings. The van der Waals surface area contributed by atoms with Gasteiger partial charge in [0, 0.05) is 17.7 Å². The number of benzene rings is 2. The molecule has 3 rings (SSSR count). The van der Waals surface area contributed by atoms with Gasteiger partial charge in [0.15, 0.2) is 5.82 Å². The lowest BCUT2D eigenvalue weighted by Crippen LogP contribution is -2.46. The van der Waals surface area contributed by atoms with Gasteiger partial charge in [-0.2, -0.15) is 18.2 Å². The summed E-state index contributed by atoms with van der Waals surface area (Å²) >= 11 is 6.36. The molecule has 1 aromatic heterocycles. The predicted molar refractivity (Wildman–Crippen MR) is 134 cm³/mol. The normalized spacial score (nSPS) is 12.5. The number of carbonyl (C=O) groups is 1. The van der Waals surface area contributed by atoms with Crippen LogP contribution in [-0.2, 0) is 16.8 Å². The number of halogens is 4. The van der Waals surface area contributed by atoms with Crippen molar-refractivity contribution in [3.05, 3.63) is 68.6 Å². The van der Waals surface area contributed by atoms with E-state index >= 15 is 0 Å². The van der Waals surface area contributed by atoms with Crippen LogP contribution in [0.2, 0.25) is 5.02 Å². The van der Waals surface area contributed by atoms with Gasteiger partial charge < -0.3 is 5.32 Å². The van der Waals surface area contributed by atoms with E-state index in [1.165, 1.54) is 6.07 Å². The molecule has 0 bridgehead atoms. The third kappa shape index (κ3) is 5.78. The van der Waals surface area contributed by atoms with E-state index in [0.29, 0.717) is 16.7 Å². The van der Waals surface area contributed by atoms with Crippen molar-refractivity contribution >= 4 is 17.5 Å². The van der Waals surface area contributed by atoms with Gasteiger partial charge in [-0.1, -0.05) is 50.6 Å². The summed E-state index contributed by atoms with van der Waals surface area (Å²) in [4.78, 5) is 35.7. The summed E-state index contributed by atoms with van der Waals surface area (Å²) in [6.07, 6.45) is -4.69. The van der Waals surface area contributed by atoms with E-state index in [4.69, 9.17) is 11.6 Å². The lowest BCUT2D eigenvalue weighted by Gasteiger charge is -2.26. The molecule has 0 atom stereocenters. The van der Waals surface area contributed by atoms with Gasteiger partial charge in [-0.05, 0) is 61.1 Å². The molecular weight excluding hydrogens is 493 g/mol. The second-order valence-corrected chi connectivity index (χ2v) is 10.6. The van der Waals surface area contributed by atoms with Gasteiger partial charge in [0.05, 0.1) is 5.02 Å². The second kappa shape index (κ2) is 9.69. The number of aryl methyl sites for hydroxylation is 1. The first-order valence-electron chi connectivity index (χ1n) is 11.2. The largest absolute Gasteiger partial charge is 0.402 e. The first-order valence-corrected chi connectivity index (χ1v) is 11.6.